The van der Waals surface area contributed by atoms with E-state index in [1.165, 1.54) is 18.0 Å². The number of hydrogen-bond donors (Lipinski definition) is 0. The third kappa shape index (κ3) is 45.6. The van der Waals surface area contributed by atoms with Crippen molar-refractivity contribution in [2.75, 3.05) is 105 Å². The molecule has 0 aromatic rings. The molecule has 0 radical (unpaired) electrons. The molecule has 36 heteroatoms. The number of quaternary nitrogens is 8. The predicted octanol–water partition coefficient (Wildman–Crippen LogP) is 9.91. The Kier molecular flexibility index (Phi) is 74.6. The van der Waals surface area contributed by atoms with Crippen LogP contribution < -0.4 is 0 Å². The summed E-state index contributed by atoms with van der Waals surface area (Å²) in [7, 11) is 4.09. The van der Waals surface area contributed by atoms with E-state index in [9.17, 15) is 41.7 Å². The molecule has 0 aliphatic rings. The second-order valence-electron chi connectivity index (χ2n) is 14.3. The molecule has 0 rings (SSSR count). The molecule has 0 saturated heterocycles. The summed E-state index contributed by atoms with van der Waals surface area (Å²) in [6, 6.07) is 0. The van der Waals surface area contributed by atoms with Crippen LogP contribution in [0.2, 0.25) is 0 Å². The molecule has 0 amide bonds. The molecule has 448 valence electrons. The Morgan fingerprint density at radius 1 is 0.237 bits per heavy atom. The maximum atomic E-state index is 11.2. The van der Waals surface area contributed by atoms with E-state index in [0.717, 1.165) is 0 Å². The fourth-order valence-corrected chi connectivity index (χ4v) is 7.99. The zero-order chi connectivity index (χ0) is 63.9. The Bertz CT molecular complexity index is 1280. The van der Waals surface area contributed by atoms with Gasteiger partial charge in [-0.2, -0.15) is 0 Å². The Labute approximate surface area is 571 Å². The van der Waals surface area contributed by atoms with Crippen LogP contribution in [0.25, 0.3) is 0 Å². The predicted molar refractivity (Wildman–Crippen MR) is 366 cm³/mol. The first-order chi connectivity index (χ1) is 34.5. The summed E-state index contributed by atoms with van der Waals surface area (Å²) in [5.74, 6) is 0. The number of hydroxylamine groups is 24. The molecule has 0 N–H and O–H groups in total. The van der Waals surface area contributed by atoms with Crippen LogP contribution in [0.15, 0.2) is 0 Å². The van der Waals surface area contributed by atoms with E-state index < -0.39 is 37.2 Å². The van der Waals surface area contributed by atoms with Gasteiger partial charge < -0.3 is 278 Å². The molecule has 0 aromatic heterocycles. The van der Waals surface area contributed by atoms with E-state index in [-0.39, 0.29) is 34.6 Å². The van der Waals surface area contributed by atoms with Crippen LogP contribution in [-0.2, 0) is 142 Å². The first-order valence-electron chi connectivity index (χ1n) is 23.2. The molecule has 0 aliphatic carbocycles. The first-order valence-corrected chi connectivity index (χ1v) is 33.4. The van der Waals surface area contributed by atoms with Crippen LogP contribution in [0.3, 0.4) is 0 Å². The van der Waals surface area contributed by atoms with Gasteiger partial charge in [-0.3, -0.25) is 0 Å². The van der Waals surface area contributed by atoms with Gasteiger partial charge in [-0.1, -0.05) is 0 Å². The Hall–Kier alpha value is 3.24. The van der Waals surface area contributed by atoms with E-state index in [1.807, 2.05) is 0 Å². The van der Waals surface area contributed by atoms with Gasteiger partial charge in [0.05, 0.1) is 105 Å². The van der Waals surface area contributed by atoms with Crippen LogP contribution in [0.5, 0.6) is 0 Å². The molecule has 76 heavy (non-hydrogen) atoms. The molecular formula is C40H80Mo2N8O9S17. The Morgan fingerprint density at radius 2 is 0.276 bits per heavy atom. The van der Waals surface area contributed by atoms with Gasteiger partial charge in [-0.15, -0.1) is 0 Å². The fraction of sp³-hybridized carbons (Fsp3) is 0.800. The topological polar surface area (TPSA) is 202 Å². The summed E-state index contributed by atoms with van der Waals surface area (Å²) in [5, 5.41) is 89.9. The van der Waals surface area contributed by atoms with Gasteiger partial charge in [0.1, 0.15) is 0 Å². The summed E-state index contributed by atoms with van der Waals surface area (Å²) in [4.78, 5) is 0. The van der Waals surface area contributed by atoms with Crippen molar-refractivity contribution in [3.8, 4) is 0 Å². The molecule has 0 spiro atoms. The van der Waals surface area contributed by atoms with Gasteiger partial charge in [-0.05, 0) is 111 Å². The van der Waals surface area contributed by atoms with Gasteiger partial charge in [0.15, 0.2) is 0 Å². The van der Waals surface area contributed by atoms with E-state index >= 15 is 0 Å². The fourth-order valence-electron chi connectivity index (χ4n) is 3.85. The van der Waals surface area contributed by atoms with Crippen LogP contribution in [0.1, 0.15) is 111 Å². The number of rotatable bonds is 16. The van der Waals surface area contributed by atoms with E-state index in [2.05, 4.69) is 209 Å². The normalized spacial score (nSPS) is 11.0. The summed E-state index contributed by atoms with van der Waals surface area (Å²) in [6.45, 7) is 35.7. The minimum absolute atomic E-state index is 0.111. The van der Waals surface area contributed by atoms with Crippen molar-refractivity contribution >= 4 is 243 Å². The number of thiocarbonyl (C=S) groups is 8. The third-order valence-corrected chi connectivity index (χ3v) is 16.2. The van der Waals surface area contributed by atoms with Crippen LogP contribution in [0.4, 0.5) is 0 Å². The van der Waals surface area contributed by atoms with Crippen molar-refractivity contribution in [3.05, 3.63) is 41.7 Å². The van der Waals surface area contributed by atoms with E-state index in [4.69, 9.17) is 3.40 Å². The third-order valence-electron chi connectivity index (χ3n) is 10.8. The minimum atomic E-state index is -0.509. The average molecular weight is 1550 g/mol. The number of nitrogens with zero attached hydrogens (tertiary/aromatic N) is 8. The SMILES string of the molecule is CC[N+]([O-])(CC)C(=S)[S-].CC[N+]([O-])(CC)C(=S)[S-].CC[N+]([O-])(CC)C(=S)[S-].CC[N+]([O-])(CC)C(=S)[S-].CC[N+]([O-])(CC)C(=S)[S-].CC[N+]([O-])(CC)C(=S)[S-].CC[N+]([O-])(CC)C(=S)[S-].CC[N+]([O-])(CC)C(=S)[S-].[O]=[Mo+4].[S]=[Mo+4]. The molecule has 0 bridgehead atoms. The van der Waals surface area contributed by atoms with Crippen molar-refractivity contribution in [1.82, 2.24) is 0 Å². The molecule has 0 atom stereocenters. The molecule has 0 heterocycles. The summed E-state index contributed by atoms with van der Waals surface area (Å²) in [6.07, 6.45) is 0. The standard InChI is InChI=1S/8C5H11NOS2.2Mo.O.S/c8*1-3-6(7,4-2)5(8)9;;;;/h8*3-4H2,1-2H3,(H,8,9);;;;/q;;;;;;;;2*+4;;/p-8. The zero-order valence-corrected chi connectivity index (χ0v) is 64.2. The van der Waals surface area contributed by atoms with Crippen LogP contribution in [0, 0.1) is 41.7 Å². The monoisotopic (exact) mass is 1560 g/mol. The van der Waals surface area contributed by atoms with Crippen LogP contribution in [-0.4, -0.2) is 176 Å². The quantitative estimate of drug-likeness (QED) is 0.0464. The Morgan fingerprint density at radius 3 is 0.276 bits per heavy atom. The number of hydrogen-bond acceptors (Lipinski definition) is 26. The van der Waals surface area contributed by atoms with E-state index in [1.54, 1.807) is 111 Å². The van der Waals surface area contributed by atoms with E-state index in [0.29, 0.717) is 124 Å². The van der Waals surface area contributed by atoms with Gasteiger partial charge in [-0.25, -0.2) is 0 Å². The maximum absolute atomic E-state index is 11.2. The average Bonchev–Trinajstić information content (AvgIpc) is 3.42. The van der Waals surface area contributed by atoms with Crippen molar-refractivity contribution in [3.63, 3.8) is 0 Å². The van der Waals surface area contributed by atoms with Crippen molar-refractivity contribution < 1.29 is 78.3 Å². The summed E-state index contributed by atoms with van der Waals surface area (Å²) >= 11 is 75.9. The first kappa shape index (κ1) is 101. The summed E-state index contributed by atoms with van der Waals surface area (Å²) < 4.78 is 5.07. The van der Waals surface area contributed by atoms with Crippen molar-refractivity contribution in [1.29, 1.82) is 0 Å². The molecular weight excluding hydrogens is 1470 g/mol. The molecule has 0 unspecified atom stereocenters. The molecule has 0 saturated carbocycles. The second kappa shape index (κ2) is 56.1. The molecule has 0 fully saturated rings. The van der Waals surface area contributed by atoms with Gasteiger partial charge in [0.25, 0.3) is 0 Å². The van der Waals surface area contributed by atoms with Gasteiger partial charge in [0, 0.05) is 34.6 Å². The van der Waals surface area contributed by atoms with Crippen LogP contribution >= 0.6 is 108 Å². The molecule has 0 aliphatic heterocycles. The van der Waals surface area contributed by atoms with Gasteiger partial charge >= 0.3 is 51.0 Å². The van der Waals surface area contributed by atoms with Crippen molar-refractivity contribution in [2.45, 2.75) is 111 Å². The Balaban J connectivity index is -0.0000000810. The summed E-state index contributed by atoms with van der Waals surface area (Å²) in [5.41, 5.74) is 0. The molecule has 17 nitrogen and oxygen atoms in total. The second-order valence-corrected chi connectivity index (χ2v) is 22.6. The van der Waals surface area contributed by atoms with Gasteiger partial charge in [0.2, 0.25) is 0 Å². The van der Waals surface area contributed by atoms with Crippen molar-refractivity contribution in [2.24, 2.45) is 0 Å². The molecule has 0 aromatic carbocycles. The zero-order valence-electron chi connectivity index (χ0n) is 46.3.